The van der Waals surface area contributed by atoms with Crippen molar-refractivity contribution in [3.8, 4) is 11.5 Å². The van der Waals surface area contributed by atoms with Gasteiger partial charge in [-0.05, 0) is 25.5 Å². The number of rotatable bonds is 7. The summed E-state index contributed by atoms with van der Waals surface area (Å²) in [5, 5.41) is 0. The molecule has 1 heterocycles. The van der Waals surface area contributed by atoms with Crippen LogP contribution in [0.1, 0.15) is 19.8 Å². The molecule has 0 saturated heterocycles. The maximum absolute atomic E-state index is 12.2. The van der Waals surface area contributed by atoms with Crippen LogP contribution in [0.5, 0.6) is 11.5 Å². The van der Waals surface area contributed by atoms with Crippen molar-refractivity contribution in [3.63, 3.8) is 0 Å². The van der Waals surface area contributed by atoms with Crippen LogP contribution in [-0.2, 0) is 19.6 Å². The number of nitrogens with one attached hydrogen (secondary N) is 1. The van der Waals surface area contributed by atoms with Gasteiger partial charge in [0.2, 0.25) is 10.0 Å². The third kappa shape index (κ3) is 4.35. The molecule has 0 amide bonds. The van der Waals surface area contributed by atoms with Crippen LogP contribution in [0.25, 0.3) is 0 Å². The molecule has 8 heteroatoms. The number of carbonyl (C=O) groups is 1. The molecule has 0 atom stereocenters. The second kappa shape index (κ2) is 7.46. The maximum Gasteiger partial charge on any atom is 0.305 e. The highest BCUT2D eigenvalue weighted by molar-refractivity contribution is 7.89. The number of benzene rings is 1. The zero-order valence-corrected chi connectivity index (χ0v) is 13.1. The molecule has 22 heavy (non-hydrogen) atoms. The molecule has 1 aromatic rings. The van der Waals surface area contributed by atoms with E-state index in [-0.39, 0.29) is 23.8 Å². The van der Waals surface area contributed by atoms with Crippen molar-refractivity contribution in [2.45, 2.75) is 24.7 Å². The lowest BCUT2D eigenvalue weighted by Gasteiger charge is -2.18. The SMILES string of the molecule is CCOC(=O)CCCNS(=O)(=O)c1ccc2c(c1)OCCO2. The van der Waals surface area contributed by atoms with Crippen molar-refractivity contribution in [1.29, 1.82) is 0 Å². The Kier molecular flexibility index (Phi) is 5.62. The van der Waals surface area contributed by atoms with Crippen molar-refractivity contribution in [2.75, 3.05) is 26.4 Å². The summed E-state index contributed by atoms with van der Waals surface area (Å²) in [4.78, 5) is 11.3. The minimum atomic E-state index is -3.64. The van der Waals surface area contributed by atoms with Crippen LogP contribution >= 0.6 is 0 Å². The van der Waals surface area contributed by atoms with E-state index < -0.39 is 10.0 Å². The standard InChI is InChI=1S/C14H19NO6S/c1-2-19-14(16)4-3-7-15-22(17,18)11-5-6-12-13(10-11)21-9-8-20-12/h5-6,10,15H,2-4,7-9H2,1H3. The Morgan fingerprint density at radius 3 is 2.73 bits per heavy atom. The molecule has 0 fully saturated rings. The lowest BCUT2D eigenvalue weighted by Crippen LogP contribution is -2.25. The third-order valence-electron chi connectivity index (χ3n) is 2.98. The van der Waals surface area contributed by atoms with Crippen molar-refractivity contribution in [1.82, 2.24) is 4.72 Å². The molecule has 0 aromatic heterocycles. The lowest BCUT2D eigenvalue weighted by atomic mass is 10.3. The lowest BCUT2D eigenvalue weighted by molar-refractivity contribution is -0.143. The Hall–Kier alpha value is -1.80. The number of esters is 1. The number of sulfonamides is 1. The van der Waals surface area contributed by atoms with Crippen LogP contribution in [0, 0.1) is 0 Å². The van der Waals surface area contributed by atoms with Gasteiger partial charge in [0, 0.05) is 19.0 Å². The van der Waals surface area contributed by atoms with E-state index in [0.29, 0.717) is 37.7 Å². The average Bonchev–Trinajstić information content (AvgIpc) is 2.51. The monoisotopic (exact) mass is 329 g/mol. The van der Waals surface area contributed by atoms with E-state index >= 15 is 0 Å². The highest BCUT2D eigenvalue weighted by Gasteiger charge is 2.19. The van der Waals surface area contributed by atoms with Gasteiger partial charge in [0.15, 0.2) is 11.5 Å². The van der Waals surface area contributed by atoms with E-state index in [1.54, 1.807) is 13.0 Å². The van der Waals surface area contributed by atoms with Crippen LogP contribution in [0.2, 0.25) is 0 Å². The molecule has 1 N–H and O–H groups in total. The molecule has 2 rings (SSSR count). The maximum atomic E-state index is 12.2. The van der Waals surface area contributed by atoms with Crippen LogP contribution in [0.4, 0.5) is 0 Å². The Bertz CT molecular complexity index is 628. The second-order valence-corrected chi connectivity index (χ2v) is 6.38. The first kappa shape index (κ1) is 16.6. The summed E-state index contributed by atoms with van der Waals surface area (Å²) in [6.07, 6.45) is 0.556. The average molecular weight is 329 g/mol. The minimum absolute atomic E-state index is 0.105. The normalized spacial score (nSPS) is 13.7. The second-order valence-electron chi connectivity index (χ2n) is 4.61. The van der Waals surface area contributed by atoms with Crippen LogP contribution in [0.3, 0.4) is 0 Å². The van der Waals surface area contributed by atoms with Crippen LogP contribution in [-0.4, -0.2) is 40.8 Å². The van der Waals surface area contributed by atoms with E-state index in [4.69, 9.17) is 14.2 Å². The van der Waals surface area contributed by atoms with Crippen molar-refractivity contribution in [3.05, 3.63) is 18.2 Å². The number of fused-ring (bicyclic) bond motifs is 1. The zero-order chi connectivity index (χ0) is 16.0. The van der Waals surface area contributed by atoms with Gasteiger partial charge in [0.25, 0.3) is 0 Å². The first-order chi connectivity index (χ1) is 10.5. The first-order valence-electron chi connectivity index (χ1n) is 7.08. The zero-order valence-electron chi connectivity index (χ0n) is 12.3. The summed E-state index contributed by atoms with van der Waals surface area (Å²) in [7, 11) is -3.64. The number of ether oxygens (including phenoxy) is 3. The molecule has 0 bridgehead atoms. The molecule has 0 spiro atoms. The van der Waals surface area contributed by atoms with Gasteiger partial charge in [-0.15, -0.1) is 0 Å². The highest BCUT2D eigenvalue weighted by atomic mass is 32.2. The Morgan fingerprint density at radius 1 is 1.27 bits per heavy atom. The van der Waals surface area contributed by atoms with E-state index in [2.05, 4.69) is 4.72 Å². The molecule has 0 saturated carbocycles. The van der Waals surface area contributed by atoms with Gasteiger partial charge in [0.1, 0.15) is 13.2 Å². The molecule has 7 nitrogen and oxygen atoms in total. The van der Waals surface area contributed by atoms with Gasteiger partial charge in [-0.1, -0.05) is 0 Å². The van der Waals surface area contributed by atoms with Gasteiger partial charge in [-0.2, -0.15) is 0 Å². The molecule has 1 aromatic carbocycles. The van der Waals surface area contributed by atoms with Gasteiger partial charge < -0.3 is 14.2 Å². The molecule has 1 aliphatic heterocycles. The van der Waals surface area contributed by atoms with Crippen molar-refractivity contribution >= 4 is 16.0 Å². The molecular weight excluding hydrogens is 310 g/mol. The molecule has 0 aliphatic carbocycles. The fourth-order valence-corrected chi connectivity index (χ4v) is 3.04. The molecule has 0 radical (unpaired) electrons. The Morgan fingerprint density at radius 2 is 2.00 bits per heavy atom. The van der Waals surface area contributed by atoms with Gasteiger partial charge in [-0.25, -0.2) is 13.1 Å². The summed E-state index contributed by atoms with van der Waals surface area (Å²) in [6.45, 7) is 3.05. The minimum Gasteiger partial charge on any atom is -0.486 e. The molecular formula is C14H19NO6S. The van der Waals surface area contributed by atoms with E-state index in [1.807, 2.05) is 0 Å². The summed E-state index contributed by atoms with van der Waals surface area (Å²) >= 11 is 0. The summed E-state index contributed by atoms with van der Waals surface area (Å²) in [5.74, 6) is 0.620. The molecule has 122 valence electrons. The van der Waals surface area contributed by atoms with Crippen LogP contribution in [0.15, 0.2) is 23.1 Å². The van der Waals surface area contributed by atoms with Crippen molar-refractivity contribution in [2.24, 2.45) is 0 Å². The number of hydrogen-bond donors (Lipinski definition) is 1. The van der Waals surface area contributed by atoms with E-state index in [9.17, 15) is 13.2 Å². The van der Waals surface area contributed by atoms with E-state index in [0.717, 1.165) is 0 Å². The summed E-state index contributed by atoms with van der Waals surface area (Å²) in [6, 6.07) is 4.46. The smallest absolute Gasteiger partial charge is 0.305 e. The fourth-order valence-electron chi connectivity index (χ4n) is 1.95. The Labute approximate surface area is 129 Å². The predicted octanol–water partition coefficient (Wildman–Crippen LogP) is 1.08. The predicted molar refractivity (Wildman–Crippen MR) is 78.5 cm³/mol. The highest BCUT2D eigenvalue weighted by Crippen LogP contribution is 2.32. The Balaban J connectivity index is 1.91. The molecule has 0 unspecified atom stereocenters. The fraction of sp³-hybridized carbons (Fsp3) is 0.500. The van der Waals surface area contributed by atoms with Gasteiger partial charge >= 0.3 is 5.97 Å². The van der Waals surface area contributed by atoms with Crippen LogP contribution < -0.4 is 14.2 Å². The largest absolute Gasteiger partial charge is 0.486 e. The number of hydrogen-bond acceptors (Lipinski definition) is 6. The topological polar surface area (TPSA) is 90.9 Å². The quantitative estimate of drug-likeness (QED) is 0.594. The molecule has 1 aliphatic rings. The summed E-state index contributed by atoms with van der Waals surface area (Å²) < 4.78 is 42.3. The van der Waals surface area contributed by atoms with Gasteiger partial charge in [0.05, 0.1) is 11.5 Å². The first-order valence-corrected chi connectivity index (χ1v) is 8.56. The number of carbonyl (C=O) groups excluding carboxylic acids is 1. The van der Waals surface area contributed by atoms with Crippen molar-refractivity contribution < 1.29 is 27.4 Å². The van der Waals surface area contributed by atoms with Gasteiger partial charge in [-0.3, -0.25) is 4.79 Å². The third-order valence-corrected chi connectivity index (χ3v) is 4.44. The summed E-state index contributed by atoms with van der Waals surface area (Å²) in [5.41, 5.74) is 0. The van der Waals surface area contributed by atoms with E-state index in [1.165, 1.54) is 12.1 Å².